The van der Waals surface area contributed by atoms with Gasteiger partial charge in [-0.3, -0.25) is 4.99 Å². The van der Waals surface area contributed by atoms with Crippen molar-refractivity contribution in [3.63, 3.8) is 0 Å². The normalized spacial score (nSPS) is 17.3. The van der Waals surface area contributed by atoms with Gasteiger partial charge in [0.15, 0.2) is 5.96 Å². The first-order valence-electron chi connectivity index (χ1n) is 11.0. The molecule has 1 fully saturated rings. The number of halogens is 1. The van der Waals surface area contributed by atoms with Crippen LogP contribution in [0.2, 0.25) is 0 Å². The molecule has 0 aromatic heterocycles. The highest BCUT2D eigenvalue weighted by molar-refractivity contribution is 14.0. The number of aliphatic imine (C=N–C) groups is 1. The average Bonchev–Trinajstić information content (AvgIpc) is 3.16. The lowest BCUT2D eigenvalue weighted by Crippen LogP contribution is -2.52. The van der Waals surface area contributed by atoms with Crippen molar-refractivity contribution in [2.24, 2.45) is 4.99 Å². The van der Waals surface area contributed by atoms with Crippen LogP contribution in [0.4, 0.5) is 4.79 Å². The highest BCUT2D eigenvalue weighted by Crippen LogP contribution is 2.17. The molecule has 1 unspecified atom stereocenters. The molecule has 1 atom stereocenters. The van der Waals surface area contributed by atoms with Gasteiger partial charge in [-0.1, -0.05) is 13.8 Å². The molecule has 1 aliphatic heterocycles. The topological polar surface area (TPSA) is 93.2 Å². The minimum absolute atomic E-state index is 0. The fraction of sp³-hybridized carbons (Fsp3) is 0.905. The molecular weight excluding hydrogens is 499 g/mol. The zero-order valence-corrected chi connectivity index (χ0v) is 22.0. The van der Waals surface area contributed by atoms with Gasteiger partial charge in [0.1, 0.15) is 5.60 Å². The van der Waals surface area contributed by atoms with E-state index >= 15 is 0 Å². The maximum absolute atomic E-state index is 12.3. The molecule has 1 rings (SSSR count). The average molecular weight is 543 g/mol. The van der Waals surface area contributed by atoms with E-state index in [4.69, 9.17) is 19.2 Å². The van der Waals surface area contributed by atoms with Crippen LogP contribution in [-0.4, -0.2) is 68.8 Å². The molecule has 30 heavy (non-hydrogen) atoms. The van der Waals surface area contributed by atoms with Gasteiger partial charge in [-0.05, 0) is 53.4 Å². The van der Waals surface area contributed by atoms with Gasteiger partial charge in [-0.15, -0.1) is 24.0 Å². The molecule has 0 saturated carbocycles. The largest absolute Gasteiger partial charge is 0.444 e. The quantitative estimate of drug-likeness (QED) is 0.160. The first-order valence-corrected chi connectivity index (χ1v) is 11.0. The summed E-state index contributed by atoms with van der Waals surface area (Å²) in [6.45, 7) is 16.0. The minimum atomic E-state index is -0.524. The van der Waals surface area contributed by atoms with E-state index in [-0.39, 0.29) is 30.1 Å². The summed E-state index contributed by atoms with van der Waals surface area (Å²) >= 11 is 0. The van der Waals surface area contributed by atoms with Gasteiger partial charge in [0, 0.05) is 26.3 Å². The predicted octanol–water partition coefficient (Wildman–Crippen LogP) is 3.44. The molecule has 8 nitrogen and oxygen atoms in total. The molecule has 0 spiro atoms. The molecule has 0 aromatic rings. The number of alkyl carbamates (subject to hydrolysis) is 1. The van der Waals surface area contributed by atoms with E-state index in [1.807, 2.05) is 27.7 Å². The summed E-state index contributed by atoms with van der Waals surface area (Å²) in [5.41, 5.74) is -0.958. The van der Waals surface area contributed by atoms with Crippen molar-refractivity contribution < 1.29 is 19.0 Å². The summed E-state index contributed by atoms with van der Waals surface area (Å²) in [6.07, 6.45) is 3.25. The fourth-order valence-electron chi connectivity index (χ4n) is 2.96. The third kappa shape index (κ3) is 12.1. The Balaban J connectivity index is 0.00000841. The molecule has 1 aliphatic rings. The number of hydrogen-bond acceptors (Lipinski definition) is 5. The standard InChI is InChI=1S/C21H42N4O4.HI/c1-7-21(8-2,25-19(26)29-20(4,5)6)16-24-18(22-9-3)23-12-10-13-28-17-11-14-27-15-17;/h17H,7-16H2,1-6H3,(H,25,26)(H2,22,23,24);1H. The Morgan fingerprint density at radius 2 is 1.87 bits per heavy atom. The van der Waals surface area contributed by atoms with Gasteiger partial charge in [-0.25, -0.2) is 4.79 Å². The number of carbonyl (C=O) groups is 1. The summed E-state index contributed by atoms with van der Waals surface area (Å²) in [5, 5.41) is 9.64. The van der Waals surface area contributed by atoms with Crippen molar-refractivity contribution in [3.8, 4) is 0 Å². The predicted molar refractivity (Wildman–Crippen MR) is 132 cm³/mol. The van der Waals surface area contributed by atoms with Crippen molar-refractivity contribution in [2.45, 2.75) is 84.5 Å². The number of ether oxygens (including phenoxy) is 3. The maximum Gasteiger partial charge on any atom is 0.408 e. The molecule has 9 heteroatoms. The molecular formula is C21H43IN4O4. The SMILES string of the molecule is CCNC(=NCC(CC)(CC)NC(=O)OC(C)(C)C)NCCCOC1CCOC1.I. The lowest BCUT2D eigenvalue weighted by atomic mass is 9.93. The summed E-state index contributed by atoms with van der Waals surface area (Å²) in [4.78, 5) is 17.0. The lowest BCUT2D eigenvalue weighted by molar-refractivity contribution is 0.0419. The van der Waals surface area contributed by atoms with E-state index in [0.717, 1.165) is 51.3 Å². The Morgan fingerprint density at radius 1 is 1.17 bits per heavy atom. The van der Waals surface area contributed by atoms with E-state index in [1.165, 1.54) is 0 Å². The van der Waals surface area contributed by atoms with Crippen LogP contribution in [0.3, 0.4) is 0 Å². The zero-order valence-electron chi connectivity index (χ0n) is 19.6. The highest BCUT2D eigenvalue weighted by atomic mass is 127. The Morgan fingerprint density at radius 3 is 2.40 bits per heavy atom. The summed E-state index contributed by atoms with van der Waals surface area (Å²) in [6, 6.07) is 0. The molecule has 0 aromatic carbocycles. The first-order chi connectivity index (χ1) is 13.7. The van der Waals surface area contributed by atoms with Crippen LogP contribution in [0.5, 0.6) is 0 Å². The highest BCUT2D eigenvalue weighted by Gasteiger charge is 2.30. The molecule has 1 heterocycles. The molecule has 3 N–H and O–H groups in total. The van der Waals surface area contributed by atoms with Crippen LogP contribution in [0.1, 0.15) is 67.2 Å². The van der Waals surface area contributed by atoms with Crippen molar-refractivity contribution in [1.29, 1.82) is 0 Å². The fourth-order valence-corrected chi connectivity index (χ4v) is 2.96. The summed E-state index contributed by atoms with van der Waals surface area (Å²) in [5.74, 6) is 0.744. The number of guanidine groups is 1. The third-order valence-corrected chi connectivity index (χ3v) is 4.86. The minimum Gasteiger partial charge on any atom is -0.444 e. The Bertz CT molecular complexity index is 502. The van der Waals surface area contributed by atoms with Gasteiger partial charge in [-0.2, -0.15) is 0 Å². The van der Waals surface area contributed by atoms with Gasteiger partial charge in [0.25, 0.3) is 0 Å². The Kier molecular flexibility index (Phi) is 14.7. The lowest BCUT2D eigenvalue weighted by Gasteiger charge is -2.32. The number of nitrogens with zero attached hydrogens (tertiary/aromatic N) is 1. The van der Waals surface area contributed by atoms with E-state index < -0.39 is 17.2 Å². The molecule has 0 radical (unpaired) electrons. The number of carbonyl (C=O) groups excluding carboxylic acids is 1. The van der Waals surface area contributed by atoms with E-state index in [0.29, 0.717) is 19.8 Å². The Hall–Kier alpha value is -0.810. The number of amides is 1. The number of hydrogen-bond donors (Lipinski definition) is 3. The van der Waals surface area contributed by atoms with Gasteiger partial charge in [0.05, 0.1) is 24.8 Å². The van der Waals surface area contributed by atoms with Crippen LogP contribution in [-0.2, 0) is 14.2 Å². The van der Waals surface area contributed by atoms with E-state index in [9.17, 15) is 4.79 Å². The van der Waals surface area contributed by atoms with Crippen molar-refractivity contribution in [2.75, 3.05) is 39.5 Å². The van der Waals surface area contributed by atoms with Crippen molar-refractivity contribution in [3.05, 3.63) is 0 Å². The third-order valence-electron chi connectivity index (χ3n) is 4.86. The zero-order chi connectivity index (χ0) is 21.8. The molecule has 178 valence electrons. The van der Waals surface area contributed by atoms with Gasteiger partial charge < -0.3 is 30.2 Å². The summed E-state index contributed by atoms with van der Waals surface area (Å²) in [7, 11) is 0. The molecule has 0 bridgehead atoms. The summed E-state index contributed by atoms with van der Waals surface area (Å²) < 4.78 is 16.5. The van der Waals surface area contributed by atoms with Gasteiger partial charge in [0.2, 0.25) is 0 Å². The molecule has 0 aliphatic carbocycles. The van der Waals surface area contributed by atoms with E-state index in [2.05, 4.69) is 29.8 Å². The number of rotatable bonds is 11. The second kappa shape index (κ2) is 15.1. The second-order valence-electron chi connectivity index (χ2n) is 8.45. The number of nitrogens with one attached hydrogen (secondary N) is 3. The Labute approximate surface area is 199 Å². The van der Waals surface area contributed by atoms with Crippen LogP contribution in [0.15, 0.2) is 4.99 Å². The molecule has 1 amide bonds. The maximum atomic E-state index is 12.3. The smallest absolute Gasteiger partial charge is 0.408 e. The van der Waals surface area contributed by atoms with E-state index in [1.54, 1.807) is 0 Å². The van der Waals surface area contributed by atoms with Crippen molar-refractivity contribution >= 4 is 36.0 Å². The van der Waals surface area contributed by atoms with Crippen LogP contribution in [0, 0.1) is 0 Å². The molecule has 1 saturated heterocycles. The van der Waals surface area contributed by atoms with Crippen molar-refractivity contribution in [1.82, 2.24) is 16.0 Å². The monoisotopic (exact) mass is 542 g/mol. The van der Waals surface area contributed by atoms with Crippen LogP contribution in [0.25, 0.3) is 0 Å². The second-order valence-corrected chi connectivity index (χ2v) is 8.45. The van der Waals surface area contributed by atoms with Crippen LogP contribution >= 0.6 is 24.0 Å². The van der Waals surface area contributed by atoms with Gasteiger partial charge >= 0.3 is 6.09 Å². The first kappa shape index (κ1) is 29.2. The van der Waals surface area contributed by atoms with Crippen LogP contribution < -0.4 is 16.0 Å².